The van der Waals surface area contributed by atoms with Crippen molar-refractivity contribution < 1.29 is 19.4 Å². The third-order valence-electron chi connectivity index (χ3n) is 2.94. The number of aromatic nitrogens is 1. The molecule has 22 heavy (non-hydrogen) atoms. The van der Waals surface area contributed by atoms with E-state index in [1.54, 1.807) is 12.5 Å². The maximum Gasteiger partial charge on any atom is 0.309 e. The Bertz CT molecular complexity index is 669. The fourth-order valence-corrected chi connectivity index (χ4v) is 2.67. The highest BCUT2D eigenvalue weighted by Gasteiger charge is 2.10. The van der Waals surface area contributed by atoms with Gasteiger partial charge in [-0.2, -0.15) is 0 Å². The summed E-state index contributed by atoms with van der Waals surface area (Å²) in [6.45, 7) is 0. The normalized spacial score (nSPS) is 10.2. The van der Waals surface area contributed by atoms with Gasteiger partial charge in [-0.05, 0) is 18.1 Å². The van der Waals surface area contributed by atoms with Gasteiger partial charge in [0.05, 0.1) is 19.2 Å². The summed E-state index contributed by atoms with van der Waals surface area (Å²) in [5.41, 5.74) is 1.41. The van der Waals surface area contributed by atoms with Crippen LogP contribution in [0, 0.1) is 0 Å². The van der Waals surface area contributed by atoms with Crippen molar-refractivity contribution in [1.82, 2.24) is 4.98 Å². The highest BCUT2D eigenvalue weighted by molar-refractivity contribution is 7.13. The first kappa shape index (κ1) is 16.0. The molecule has 0 aliphatic carbocycles. The average molecular weight is 320 g/mol. The van der Waals surface area contributed by atoms with Crippen LogP contribution in [0.25, 0.3) is 0 Å². The number of aryl methyl sites for hydroxylation is 1. The molecule has 0 aliphatic heterocycles. The molecule has 2 N–H and O–H groups in total. The van der Waals surface area contributed by atoms with Gasteiger partial charge in [-0.3, -0.25) is 9.59 Å². The van der Waals surface area contributed by atoms with Crippen molar-refractivity contribution in [2.45, 2.75) is 19.3 Å². The second-order valence-electron chi connectivity index (χ2n) is 4.57. The second-order valence-corrected chi connectivity index (χ2v) is 5.43. The van der Waals surface area contributed by atoms with Gasteiger partial charge in [-0.1, -0.05) is 18.2 Å². The zero-order valence-electron chi connectivity index (χ0n) is 12.0. The van der Waals surface area contributed by atoms with E-state index in [4.69, 9.17) is 9.84 Å². The van der Waals surface area contributed by atoms with Crippen molar-refractivity contribution in [3.63, 3.8) is 0 Å². The van der Waals surface area contributed by atoms with Crippen molar-refractivity contribution in [1.29, 1.82) is 0 Å². The van der Waals surface area contributed by atoms with E-state index >= 15 is 0 Å². The maximum absolute atomic E-state index is 11.9. The zero-order chi connectivity index (χ0) is 15.9. The molecule has 2 aromatic rings. The molecule has 0 bridgehead atoms. The van der Waals surface area contributed by atoms with Crippen LogP contribution in [0.15, 0.2) is 29.6 Å². The van der Waals surface area contributed by atoms with Crippen molar-refractivity contribution in [2.75, 3.05) is 12.4 Å². The maximum atomic E-state index is 11.9. The summed E-state index contributed by atoms with van der Waals surface area (Å²) in [7, 11) is 1.60. The number of nitrogens with zero attached hydrogens (tertiary/aromatic N) is 1. The first-order valence-electron chi connectivity index (χ1n) is 6.66. The molecule has 2 rings (SSSR count). The Kier molecular flexibility index (Phi) is 5.48. The van der Waals surface area contributed by atoms with E-state index in [1.165, 1.54) is 11.3 Å². The number of benzene rings is 1. The number of carboxylic acids is 1. The van der Waals surface area contributed by atoms with E-state index in [0.717, 1.165) is 11.3 Å². The van der Waals surface area contributed by atoms with Gasteiger partial charge in [-0.25, -0.2) is 4.98 Å². The van der Waals surface area contributed by atoms with Gasteiger partial charge in [-0.15, -0.1) is 11.3 Å². The summed E-state index contributed by atoms with van der Waals surface area (Å²) in [5, 5.41) is 13.4. The molecule has 6 nitrogen and oxygen atoms in total. The number of thiazole rings is 1. The first-order valence-corrected chi connectivity index (χ1v) is 7.54. The lowest BCUT2D eigenvalue weighted by Crippen LogP contribution is -2.12. The van der Waals surface area contributed by atoms with Crippen LogP contribution in [0.1, 0.15) is 17.7 Å². The molecule has 0 unspecified atom stereocenters. The molecule has 0 atom stereocenters. The molecular weight excluding hydrogens is 304 g/mol. The summed E-state index contributed by atoms with van der Waals surface area (Å²) in [6, 6.07) is 7.55. The largest absolute Gasteiger partial charge is 0.496 e. The average Bonchev–Trinajstić information content (AvgIpc) is 2.91. The molecule has 0 spiro atoms. The number of rotatable bonds is 7. The highest BCUT2D eigenvalue weighted by atomic mass is 32.1. The number of nitrogens with one attached hydrogen (secondary N) is 1. The number of carboxylic acid groups (broad SMARTS) is 1. The van der Waals surface area contributed by atoms with Crippen LogP contribution in [0.4, 0.5) is 5.13 Å². The number of hydrogen-bond donors (Lipinski definition) is 2. The van der Waals surface area contributed by atoms with Crippen LogP contribution < -0.4 is 10.1 Å². The summed E-state index contributed by atoms with van der Waals surface area (Å²) in [4.78, 5) is 26.6. The minimum absolute atomic E-state index is 0.145. The fraction of sp³-hybridized carbons (Fsp3) is 0.267. The molecule has 1 heterocycles. The highest BCUT2D eigenvalue weighted by Crippen LogP contribution is 2.20. The van der Waals surface area contributed by atoms with Gasteiger partial charge in [0.25, 0.3) is 0 Å². The standard InChI is InChI=1S/C15H16N2O4S/c1-21-12-5-3-2-4-10(12)6-7-13(18)17-15-16-11(9-22-15)8-14(19)20/h2-5,9H,6-8H2,1H3,(H,19,20)(H,16,17,18). The number of methoxy groups -OCH3 is 1. The van der Waals surface area contributed by atoms with Crippen LogP contribution >= 0.6 is 11.3 Å². The van der Waals surface area contributed by atoms with E-state index in [2.05, 4.69) is 10.3 Å². The predicted octanol–water partition coefficient (Wildman–Crippen LogP) is 2.35. The second kappa shape index (κ2) is 7.56. The van der Waals surface area contributed by atoms with E-state index in [0.29, 0.717) is 23.7 Å². The molecule has 1 aromatic carbocycles. The Labute approximate surface area is 131 Å². The molecule has 1 amide bonds. The zero-order valence-corrected chi connectivity index (χ0v) is 12.9. The molecule has 0 saturated carbocycles. The van der Waals surface area contributed by atoms with Crippen LogP contribution in [0.2, 0.25) is 0 Å². The van der Waals surface area contributed by atoms with Gasteiger partial charge in [0.15, 0.2) is 5.13 Å². The summed E-state index contributed by atoms with van der Waals surface area (Å²) >= 11 is 1.22. The van der Waals surface area contributed by atoms with Gasteiger partial charge in [0.2, 0.25) is 5.91 Å². The van der Waals surface area contributed by atoms with Crippen molar-refractivity contribution >= 4 is 28.3 Å². The molecule has 1 aromatic heterocycles. The summed E-state index contributed by atoms with van der Waals surface area (Å²) in [5.74, 6) is -0.352. The lowest BCUT2D eigenvalue weighted by atomic mass is 10.1. The Morgan fingerprint density at radius 1 is 1.36 bits per heavy atom. The van der Waals surface area contributed by atoms with Gasteiger partial charge in [0.1, 0.15) is 5.75 Å². The predicted molar refractivity (Wildman–Crippen MR) is 83.4 cm³/mol. The van der Waals surface area contributed by atoms with Crippen molar-refractivity contribution in [2.24, 2.45) is 0 Å². The minimum atomic E-state index is -0.945. The van der Waals surface area contributed by atoms with Crippen LogP contribution in [-0.4, -0.2) is 29.1 Å². The smallest absolute Gasteiger partial charge is 0.309 e. The van der Waals surface area contributed by atoms with Crippen molar-refractivity contribution in [3.8, 4) is 5.75 Å². The Morgan fingerprint density at radius 2 is 2.14 bits per heavy atom. The van der Waals surface area contributed by atoms with Crippen molar-refractivity contribution in [3.05, 3.63) is 40.9 Å². The third kappa shape index (κ3) is 4.56. The molecule has 7 heteroatoms. The van der Waals surface area contributed by atoms with E-state index in [-0.39, 0.29) is 12.3 Å². The molecule has 0 fully saturated rings. The van der Waals surface area contributed by atoms with Gasteiger partial charge in [0, 0.05) is 11.8 Å². The lowest BCUT2D eigenvalue weighted by Gasteiger charge is -2.07. The Hall–Kier alpha value is -2.41. The molecule has 116 valence electrons. The number of para-hydroxylation sites is 1. The monoisotopic (exact) mass is 320 g/mol. The molecule has 0 saturated heterocycles. The van der Waals surface area contributed by atoms with Crippen LogP contribution in [0.5, 0.6) is 5.75 Å². The third-order valence-corrected chi connectivity index (χ3v) is 3.75. The summed E-state index contributed by atoms with van der Waals surface area (Å²) < 4.78 is 5.24. The SMILES string of the molecule is COc1ccccc1CCC(=O)Nc1nc(CC(=O)O)cs1. The fourth-order valence-electron chi connectivity index (χ4n) is 1.94. The van der Waals surface area contributed by atoms with Crippen LogP contribution in [-0.2, 0) is 22.4 Å². The Morgan fingerprint density at radius 3 is 2.86 bits per heavy atom. The van der Waals surface area contributed by atoms with Gasteiger partial charge >= 0.3 is 5.97 Å². The number of ether oxygens (including phenoxy) is 1. The van der Waals surface area contributed by atoms with E-state index < -0.39 is 5.97 Å². The first-order chi connectivity index (χ1) is 10.6. The van der Waals surface area contributed by atoms with E-state index in [9.17, 15) is 9.59 Å². The lowest BCUT2D eigenvalue weighted by molar-refractivity contribution is -0.136. The quantitative estimate of drug-likeness (QED) is 0.817. The number of carbonyl (C=O) groups is 2. The topological polar surface area (TPSA) is 88.5 Å². The van der Waals surface area contributed by atoms with Gasteiger partial charge < -0.3 is 15.2 Å². The molecule has 0 aliphatic rings. The molecule has 0 radical (unpaired) electrons. The summed E-state index contributed by atoms with van der Waals surface area (Å²) in [6.07, 6.45) is 0.713. The molecular formula is C15H16N2O4S. The number of hydrogen-bond acceptors (Lipinski definition) is 5. The van der Waals surface area contributed by atoms with E-state index in [1.807, 2.05) is 24.3 Å². The van der Waals surface area contributed by atoms with Crippen LogP contribution in [0.3, 0.4) is 0 Å². The number of anilines is 1. The minimum Gasteiger partial charge on any atom is -0.496 e. The number of carbonyl (C=O) groups excluding carboxylic acids is 1. The number of aliphatic carboxylic acids is 1. The Balaban J connectivity index is 1.87. The number of amides is 1.